The SMILES string of the molecule is C=C/C=C\C(=C)C.CC#Cc1ccc2c(c1)CN(Cc1ccc(Cl)cc1)C(=O)N2C. The van der Waals surface area contributed by atoms with Gasteiger partial charge in [-0.3, -0.25) is 4.90 Å². The molecule has 0 radical (unpaired) electrons. The normalized spacial score (nSPS) is 12.5. The number of amides is 2. The highest BCUT2D eigenvalue weighted by Gasteiger charge is 2.27. The number of benzene rings is 2. The zero-order valence-corrected chi connectivity index (χ0v) is 18.5. The van der Waals surface area contributed by atoms with E-state index in [1.54, 1.807) is 18.0 Å². The van der Waals surface area contributed by atoms with Crippen LogP contribution in [0.2, 0.25) is 5.02 Å². The third-order valence-electron chi connectivity index (χ3n) is 4.43. The summed E-state index contributed by atoms with van der Waals surface area (Å²) in [6, 6.07) is 13.6. The molecule has 154 valence electrons. The lowest BCUT2D eigenvalue weighted by atomic mass is 10.0. The number of carbonyl (C=O) groups excluding carboxylic acids is 1. The summed E-state index contributed by atoms with van der Waals surface area (Å²) in [4.78, 5) is 16.1. The highest BCUT2D eigenvalue weighted by molar-refractivity contribution is 6.30. The van der Waals surface area contributed by atoms with E-state index in [-0.39, 0.29) is 6.03 Å². The molecule has 1 aliphatic rings. The first-order valence-electron chi connectivity index (χ1n) is 9.63. The van der Waals surface area contributed by atoms with Crippen LogP contribution in [0.1, 0.15) is 30.5 Å². The summed E-state index contributed by atoms with van der Waals surface area (Å²) in [6.07, 6.45) is 5.50. The number of urea groups is 1. The van der Waals surface area contributed by atoms with Crippen molar-refractivity contribution in [3.63, 3.8) is 0 Å². The van der Waals surface area contributed by atoms with Crippen LogP contribution in [0, 0.1) is 11.8 Å². The minimum atomic E-state index is 0.00164. The molecule has 0 N–H and O–H groups in total. The molecule has 0 spiro atoms. The lowest BCUT2D eigenvalue weighted by Gasteiger charge is -2.35. The van der Waals surface area contributed by atoms with Gasteiger partial charge in [0.25, 0.3) is 0 Å². The number of allylic oxidation sites excluding steroid dienone is 4. The first kappa shape index (κ1) is 23.1. The van der Waals surface area contributed by atoms with Gasteiger partial charge >= 0.3 is 6.03 Å². The monoisotopic (exact) mass is 418 g/mol. The highest BCUT2D eigenvalue weighted by atomic mass is 35.5. The standard InChI is InChI=1S/C19H17ClN2O.C7H10/c1-3-4-14-7-10-18-16(11-14)13-22(19(23)21(18)2)12-15-5-8-17(20)9-6-15;1-4-5-6-7(2)3/h5-11H,12-13H2,1-2H3;4-6H,1-2H2,3H3/b;6-5-. The Labute approximate surface area is 185 Å². The summed E-state index contributed by atoms with van der Waals surface area (Å²) >= 11 is 5.92. The van der Waals surface area contributed by atoms with Crippen LogP contribution < -0.4 is 4.90 Å². The van der Waals surface area contributed by atoms with Crippen LogP contribution >= 0.6 is 11.6 Å². The summed E-state index contributed by atoms with van der Waals surface area (Å²) in [5.41, 5.74) is 5.15. The molecule has 0 aliphatic carbocycles. The molecular formula is C26H27ClN2O. The van der Waals surface area contributed by atoms with Crippen molar-refractivity contribution in [1.29, 1.82) is 0 Å². The van der Waals surface area contributed by atoms with Crippen molar-refractivity contribution in [3.8, 4) is 11.8 Å². The molecule has 1 aliphatic heterocycles. The van der Waals surface area contributed by atoms with E-state index in [0.29, 0.717) is 18.1 Å². The van der Waals surface area contributed by atoms with E-state index in [2.05, 4.69) is 31.1 Å². The van der Waals surface area contributed by atoms with Crippen molar-refractivity contribution in [3.05, 3.63) is 101 Å². The molecule has 2 aromatic rings. The van der Waals surface area contributed by atoms with Crippen LogP contribution in [0.15, 0.2) is 79.4 Å². The van der Waals surface area contributed by atoms with Gasteiger partial charge in [0.15, 0.2) is 0 Å². The Hall–Kier alpha value is -3.22. The number of carbonyl (C=O) groups is 1. The van der Waals surface area contributed by atoms with E-state index in [0.717, 1.165) is 28.0 Å². The molecule has 3 rings (SSSR count). The summed E-state index contributed by atoms with van der Waals surface area (Å²) in [5.74, 6) is 5.98. The van der Waals surface area contributed by atoms with Gasteiger partial charge in [0.05, 0.1) is 5.69 Å². The fourth-order valence-electron chi connectivity index (χ4n) is 3.02. The van der Waals surface area contributed by atoms with Crippen LogP contribution in [-0.4, -0.2) is 18.0 Å². The van der Waals surface area contributed by atoms with Gasteiger partial charge in [-0.05, 0) is 55.3 Å². The first-order valence-corrected chi connectivity index (χ1v) is 10.0. The summed E-state index contributed by atoms with van der Waals surface area (Å²) in [5, 5.41) is 0.698. The molecule has 0 fully saturated rings. The Morgan fingerprint density at radius 1 is 1.23 bits per heavy atom. The fourth-order valence-corrected chi connectivity index (χ4v) is 3.14. The van der Waals surface area contributed by atoms with Gasteiger partial charge in [-0.2, -0.15) is 0 Å². The van der Waals surface area contributed by atoms with Crippen LogP contribution in [0.3, 0.4) is 0 Å². The van der Waals surface area contributed by atoms with Gasteiger partial charge in [-0.1, -0.05) is 66.6 Å². The number of nitrogens with zero attached hydrogens (tertiary/aromatic N) is 2. The molecule has 0 bridgehead atoms. The average Bonchev–Trinajstić information content (AvgIpc) is 2.72. The van der Waals surface area contributed by atoms with Crippen molar-refractivity contribution in [2.24, 2.45) is 0 Å². The van der Waals surface area contributed by atoms with E-state index in [4.69, 9.17) is 11.6 Å². The Bertz CT molecular complexity index is 1010. The molecular weight excluding hydrogens is 392 g/mol. The lowest BCUT2D eigenvalue weighted by Crippen LogP contribution is -2.44. The van der Waals surface area contributed by atoms with Gasteiger partial charge in [0.2, 0.25) is 0 Å². The summed E-state index contributed by atoms with van der Waals surface area (Å²) < 4.78 is 0. The number of halogens is 1. The number of hydrogen-bond acceptors (Lipinski definition) is 1. The van der Waals surface area contributed by atoms with Gasteiger partial charge in [-0.15, -0.1) is 5.92 Å². The Kier molecular flexibility index (Phi) is 8.53. The Balaban J connectivity index is 0.000000396. The highest BCUT2D eigenvalue weighted by Crippen LogP contribution is 2.29. The Morgan fingerprint density at radius 3 is 2.50 bits per heavy atom. The second-order valence-corrected chi connectivity index (χ2v) is 7.42. The van der Waals surface area contributed by atoms with Crippen molar-refractivity contribution < 1.29 is 4.79 Å². The van der Waals surface area contributed by atoms with Gasteiger partial charge in [0, 0.05) is 30.7 Å². The number of anilines is 1. The maximum Gasteiger partial charge on any atom is 0.324 e. The summed E-state index contributed by atoms with van der Waals surface area (Å²) in [7, 11) is 1.81. The number of fused-ring (bicyclic) bond motifs is 1. The smallest absolute Gasteiger partial charge is 0.316 e. The van der Waals surface area contributed by atoms with Crippen LogP contribution in [-0.2, 0) is 13.1 Å². The first-order chi connectivity index (χ1) is 14.3. The second kappa shape index (κ2) is 11.1. The van der Waals surface area contributed by atoms with Crippen molar-refractivity contribution >= 4 is 23.3 Å². The number of hydrogen-bond donors (Lipinski definition) is 0. The van der Waals surface area contributed by atoms with E-state index in [9.17, 15) is 4.79 Å². The minimum Gasteiger partial charge on any atom is -0.316 e. The summed E-state index contributed by atoms with van der Waals surface area (Å²) in [6.45, 7) is 12.1. The minimum absolute atomic E-state index is 0.00164. The van der Waals surface area contributed by atoms with Crippen LogP contribution in [0.4, 0.5) is 10.5 Å². The van der Waals surface area contributed by atoms with E-state index in [1.807, 2.05) is 67.3 Å². The molecule has 2 amide bonds. The topological polar surface area (TPSA) is 23.6 Å². The van der Waals surface area contributed by atoms with Crippen molar-refractivity contribution in [2.45, 2.75) is 26.9 Å². The third-order valence-corrected chi connectivity index (χ3v) is 4.68. The molecule has 2 aromatic carbocycles. The lowest BCUT2D eigenvalue weighted by molar-refractivity contribution is 0.197. The molecule has 0 aromatic heterocycles. The van der Waals surface area contributed by atoms with E-state index >= 15 is 0 Å². The molecule has 1 heterocycles. The molecule has 0 atom stereocenters. The zero-order chi connectivity index (χ0) is 22.1. The van der Waals surface area contributed by atoms with Gasteiger partial charge < -0.3 is 4.90 Å². The Morgan fingerprint density at radius 2 is 1.93 bits per heavy atom. The van der Waals surface area contributed by atoms with Crippen LogP contribution in [0.25, 0.3) is 0 Å². The third kappa shape index (κ3) is 6.40. The van der Waals surface area contributed by atoms with Gasteiger partial charge in [0.1, 0.15) is 0 Å². The molecule has 0 unspecified atom stereocenters. The largest absolute Gasteiger partial charge is 0.324 e. The molecule has 30 heavy (non-hydrogen) atoms. The van der Waals surface area contributed by atoms with E-state index < -0.39 is 0 Å². The predicted octanol–water partition coefficient (Wildman–Crippen LogP) is 6.59. The number of rotatable bonds is 4. The van der Waals surface area contributed by atoms with Crippen molar-refractivity contribution in [1.82, 2.24) is 4.90 Å². The zero-order valence-electron chi connectivity index (χ0n) is 17.8. The maximum absolute atomic E-state index is 12.6. The maximum atomic E-state index is 12.6. The predicted molar refractivity (Wildman–Crippen MR) is 128 cm³/mol. The molecule has 0 saturated heterocycles. The van der Waals surface area contributed by atoms with Crippen LogP contribution in [0.5, 0.6) is 0 Å². The molecule has 3 nitrogen and oxygen atoms in total. The fraction of sp³-hybridized carbons (Fsp3) is 0.192. The van der Waals surface area contributed by atoms with Crippen molar-refractivity contribution in [2.75, 3.05) is 11.9 Å². The molecule has 4 heteroatoms. The van der Waals surface area contributed by atoms with E-state index in [1.165, 1.54) is 0 Å². The second-order valence-electron chi connectivity index (χ2n) is 6.98. The van der Waals surface area contributed by atoms with Gasteiger partial charge in [-0.25, -0.2) is 4.79 Å². The average molecular weight is 419 g/mol. The molecule has 0 saturated carbocycles. The quantitative estimate of drug-likeness (QED) is 0.406.